The maximum Gasteiger partial charge on any atom is 0.335 e. The van der Waals surface area contributed by atoms with Crippen LogP contribution in [0.5, 0.6) is 0 Å². The van der Waals surface area contributed by atoms with Crippen molar-refractivity contribution in [2.24, 2.45) is 0 Å². The topological polar surface area (TPSA) is 52.6 Å². The van der Waals surface area contributed by atoms with E-state index in [1.54, 1.807) is 12.1 Å². The van der Waals surface area contributed by atoms with Crippen LogP contribution in [0.15, 0.2) is 53.0 Å². The molecule has 0 spiro atoms. The van der Waals surface area contributed by atoms with Crippen molar-refractivity contribution >= 4 is 27.6 Å². The summed E-state index contributed by atoms with van der Waals surface area (Å²) >= 11 is 3.61. The van der Waals surface area contributed by atoms with Gasteiger partial charge in [0, 0.05) is 30.1 Å². The number of para-hydroxylation sites is 1. The fourth-order valence-corrected chi connectivity index (χ4v) is 3.42. The Morgan fingerprint density at radius 2 is 1.96 bits per heavy atom. The zero-order chi connectivity index (χ0) is 16.2. The summed E-state index contributed by atoms with van der Waals surface area (Å²) in [5, 5.41) is 12.5. The second-order valence-electron chi connectivity index (χ2n) is 5.77. The predicted octanol–water partition coefficient (Wildman–Crippen LogP) is 3.52. The highest BCUT2D eigenvalue weighted by Crippen LogP contribution is 2.28. The van der Waals surface area contributed by atoms with E-state index >= 15 is 0 Å². The third-order valence-electron chi connectivity index (χ3n) is 4.18. The monoisotopic (exact) mass is 374 g/mol. The van der Waals surface area contributed by atoms with Gasteiger partial charge in [0.15, 0.2) is 0 Å². The van der Waals surface area contributed by atoms with Gasteiger partial charge in [0.05, 0.1) is 11.3 Å². The summed E-state index contributed by atoms with van der Waals surface area (Å²) in [6.07, 6.45) is 1.11. The first kappa shape index (κ1) is 16.0. The molecule has 0 bridgehead atoms. The van der Waals surface area contributed by atoms with E-state index in [1.165, 1.54) is 5.69 Å². The molecule has 1 aliphatic rings. The third kappa shape index (κ3) is 3.92. The van der Waals surface area contributed by atoms with E-state index in [4.69, 9.17) is 5.11 Å². The minimum absolute atomic E-state index is 0.328. The molecule has 2 aromatic rings. The van der Waals surface area contributed by atoms with Crippen LogP contribution in [0.4, 0.5) is 5.69 Å². The summed E-state index contributed by atoms with van der Waals surface area (Å²) in [6.45, 7) is 2.78. The second-order valence-corrected chi connectivity index (χ2v) is 6.62. The molecule has 23 heavy (non-hydrogen) atoms. The van der Waals surface area contributed by atoms with E-state index in [9.17, 15) is 4.79 Å². The highest BCUT2D eigenvalue weighted by atomic mass is 79.9. The van der Waals surface area contributed by atoms with Gasteiger partial charge in [-0.2, -0.15) is 0 Å². The molecule has 2 aromatic carbocycles. The van der Waals surface area contributed by atoms with Gasteiger partial charge in [0.1, 0.15) is 0 Å². The van der Waals surface area contributed by atoms with Crippen molar-refractivity contribution in [1.82, 2.24) is 5.32 Å². The molecule has 0 aromatic heterocycles. The average molecular weight is 375 g/mol. The smallest absolute Gasteiger partial charge is 0.335 e. The molecule has 0 radical (unpaired) electrons. The van der Waals surface area contributed by atoms with Crippen molar-refractivity contribution in [3.63, 3.8) is 0 Å². The molecular formula is C18H19BrN2O2. The number of rotatable bonds is 5. The van der Waals surface area contributed by atoms with Crippen molar-refractivity contribution in [3.8, 4) is 0 Å². The Labute approximate surface area is 144 Å². The van der Waals surface area contributed by atoms with Crippen molar-refractivity contribution in [3.05, 3.63) is 64.1 Å². The van der Waals surface area contributed by atoms with Crippen LogP contribution in [0.25, 0.3) is 0 Å². The predicted molar refractivity (Wildman–Crippen MR) is 95.0 cm³/mol. The van der Waals surface area contributed by atoms with Crippen molar-refractivity contribution in [2.75, 3.05) is 18.0 Å². The first-order valence-electron chi connectivity index (χ1n) is 7.68. The maximum absolute atomic E-state index is 10.9. The van der Waals surface area contributed by atoms with Gasteiger partial charge in [-0.3, -0.25) is 0 Å². The molecule has 1 aliphatic heterocycles. The SMILES string of the molecule is O=C(O)c1ccc(CNC2CCN(c3ccccc3Br)C2)cc1. The van der Waals surface area contributed by atoms with Crippen LogP contribution >= 0.6 is 15.9 Å². The number of hydrogen-bond donors (Lipinski definition) is 2. The molecule has 0 amide bonds. The van der Waals surface area contributed by atoms with Crippen LogP contribution in [0.3, 0.4) is 0 Å². The molecule has 1 saturated heterocycles. The Morgan fingerprint density at radius 1 is 1.22 bits per heavy atom. The Hall–Kier alpha value is -1.85. The fraction of sp³-hybridized carbons (Fsp3) is 0.278. The van der Waals surface area contributed by atoms with Gasteiger partial charge in [-0.05, 0) is 52.2 Å². The Morgan fingerprint density at radius 3 is 2.65 bits per heavy atom. The number of carboxylic acids is 1. The highest BCUT2D eigenvalue weighted by Gasteiger charge is 2.23. The highest BCUT2D eigenvalue weighted by molar-refractivity contribution is 9.10. The molecule has 2 N–H and O–H groups in total. The van der Waals surface area contributed by atoms with Gasteiger partial charge in [-0.1, -0.05) is 24.3 Å². The van der Waals surface area contributed by atoms with E-state index in [0.717, 1.165) is 36.1 Å². The number of anilines is 1. The molecule has 1 fully saturated rings. The van der Waals surface area contributed by atoms with Crippen LogP contribution in [0.1, 0.15) is 22.3 Å². The molecule has 3 rings (SSSR count). The van der Waals surface area contributed by atoms with Gasteiger partial charge in [-0.15, -0.1) is 0 Å². The van der Waals surface area contributed by atoms with Crippen LogP contribution in [-0.4, -0.2) is 30.2 Å². The van der Waals surface area contributed by atoms with E-state index in [2.05, 4.69) is 44.3 Å². The normalized spacial score (nSPS) is 17.4. The molecule has 5 heteroatoms. The summed E-state index contributed by atoms with van der Waals surface area (Å²) in [4.78, 5) is 13.2. The molecular weight excluding hydrogens is 356 g/mol. The number of carboxylic acid groups (broad SMARTS) is 1. The quantitative estimate of drug-likeness (QED) is 0.840. The van der Waals surface area contributed by atoms with E-state index in [1.807, 2.05) is 18.2 Å². The number of aromatic carboxylic acids is 1. The summed E-state index contributed by atoms with van der Waals surface area (Å²) < 4.78 is 1.13. The van der Waals surface area contributed by atoms with Gasteiger partial charge in [0.25, 0.3) is 0 Å². The van der Waals surface area contributed by atoms with Crippen LogP contribution in [0, 0.1) is 0 Å². The number of halogens is 1. The number of benzene rings is 2. The number of nitrogens with one attached hydrogen (secondary N) is 1. The Balaban J connectivity index is 1.54. The molecule has 4 nitrogen and oxygen atoms in total. The Kier molecular flexibility index (Phi) is 4.98. The van der Waals surface area contributed by atoms with Gasteiger partial charge < -0.3 is 15.3 Å². The van der Waals surface area contributed by atoms with E-state index in [-0.39, 0.29) is 0 Å². The van der Waals surface area contributed by atoms with E-state index in [0.29, 0.717) is 11.6 Å². The minimum atomic E-state index is -0.885. The van der Waals surface area contributed by atoms with Gasteiger partial charge in [0.2, 0.25) is 0 Å². The number of hydrogen-bond acceptors (Lipinski definition) is 3. The fourth-order valence-electron chi connectivity index (χ4n) is 2.88. The summed E-state index contributed by atoms with van der Waals surface area (Å²) in [5.74, 6) is -0.885. The van der Waals surface area contributed by atoms with Crippen molar-refractivity contribution in [2.45, 2.75) is 19.0 Å². The zero-order valence-electron chi connectivity index (χ0n) is 12.7. The molecule has 120 valence electrons. The Bertz CT molecular complexity index is 688. The summed E-state index contributed by atoms with van der Waals surface area (Å²) in [5.41, 5.74) is 2.67. The van der Waals surface area contributed by atoms with E-state index < -0.39 is 5.97 Å². The second kappa shape index (κ2) is 7.15. The number of carbonyl (C=O) groups is 1. The molecule has 1 unspecified atom stereocenters. The van der Waals surface area contributed by atoms with Crippen molar-refractivity contribution in [1.29, 1.82) is 0 Å². The van der Waals surface area contributed by atoms with Crippen LogP contribution < -0.4 is 10.2 Å². The van der Waals surface area contributed by atoms with Crippen molar-refractivity contribution < 1.29 is 9.90 Å². The van der Waals surface area contributed by atoms with Gasteiger partial charge in [-0.25, -0.2) is 4.79 Å². The summed E-state index contributed by atoms with van der Waals surface area (Å²) in [6, 6.07) is 15.8. The average Bonchev–Trinajstić information content (AvgIpc) is 3.02. The van der Waals surface area contributed by atoms with Crippen LogP contribution in [-0.2, 0) is 6.54 Å². The lowest BCUT2D eigenvalue weighted by Crippen LogP contribution is -2.32. The molecule has 1 heterocycles. The first-order chi connectivity index (χ1) is 11.1. The lowest BCUT2D eigenvalue weighted by Gasteiger charge is -2.20. The maximum atomic E-state index is 10.9. The minimum Gasteiger partial charge on any atom is -0.478 e. The van der Waals surface area contributed by atoms with Gasteiger partial charge >= 0.3 is 5.97 Å². The molecule has 0 aliphatic carbocycles. The summed E-state index contributed by atoms with van der Waals surface area (Å²) in [7, 11) is 0. The zero-order valence-corrected chi connectivity index (χ0v) is 14.3. The lowest BCUT2D eigenvalue weighted by molar-refractivity contribution is 0.0697. The third-order valence-corrected chi connectivity index (χ3v) is 4.85. The largest absolute Gasteiger partial charge is 0.478 e. The number of nitrogens with zero attached hydrogens (tertiary/aromatic N) is 1. The molecule has 1 atom stereocenters. The molecule has 0 saturated carbocycles. The standard InChI is InChI=1S/C18H19BrN2O2/c19-16-3-1-2-4-17(16)21-10-9-15(12-21)20-11-13-5-7-14(8-6-13)18(22)23/h1-8,15,20H,9-12H2,(H,22,23). The first-order valence-corrected chi connectivity index (χ1v) is 8.48. The lowest BCUT2D eigenvalue weighted by atomic mass is 10.1. The van der Waals surface area contributed by atoms with Crippen LogP contribution in [0.2, 0.25) is 0 Å².